The second-order valence-corrected chi connectivity index (χ2v) is 5.90. The van der Waals surface area contributed by atoms with Crippen molar-refractivity contribution < 1.29 is 0 Å². The van der Waals surface area contributed by atoms with E-state index >= 15 is 0 Å². The van der Waals surface area contributed by atoms with Crippen molar-refractivity contribution >= 4 is 16.6 Å². The van der Waals surface area contributed by atoms with Gasteiger partial charge in [-0.2, -0.15) is 0 Å². The van der Waals surface area contributed by atoms with Crippen LogP contribution < -0.4 is 4.90 Å². The van der Waals surface area contributed by atoms with Gasteiger partial charge in [-0.15, -0.1) is 0 Å². The zero-order valence-corrected chi connectivity index (χ0v) is 13.0. The number of nitrogens with zero attached hydrogens (tertiary/aromatic N) is 6. The van der Waals surface area contributed by atoms with Crippen LogP contribution in [0.15, 0.2) is 49.4 Å². The van der Waals surface area contributed by atoms with Crippen LogP contribution in [0, 0.1) is 0 Å². The summed E-state index contributed by atoms with van der Waals surface area (Å²) in [6.45, 7) is 6.39. The van der Waals surface area contributed by atoms with Crippen molar-refractivity contribution in [2.75, 3.05) is 37.6 Å². The lowest BCUT2D eigenvalue weighted by atomic mass is 10.2. The van der Waals surface area contributed by atoms with Crippen molar-refractivity contribution in [3.05, 3.63) is 49.4 Å². The number of aromatic nitrogens is 4. The van der Waals surface area contributed by atoms with Crippen LogP contribution in [0.25, 0.3) is 10.9 Å². The quantitative estimate of drug-likeness (QED) is 0.733. The van der Waals surface area contributed by atoms with Crippen LogP contribution >= 0.6 is 0 Å². The fourth-order valence-corrected chi connectivity index (χ4v) is 3.07. The Kier molecular flexibility index (Phi) is 3.90. The van der Waals surface area contributed by atoms with Crippen molar-refractivity contribution in [2.45, 2.75) is 6.54 Å². The van der Waals surface area contributed by atoms with Crippen molar-refractivity contribution in [2.24, 2.45) is 0 Å². The molecule has 3 aromatic rings. The molecule has 0 amide bonds. The number of benzene rings is 1. The summed E-state index contributed by atoms with van der Waals surface area (Å²) in [5.74, 6) is 0. The Morgan fingerprint density at radius 3 is 2.74 bits per heavy atom. The molecule has 0 radical (unpaired) electrons. The van der Waals surface area contributed by atoms with Gasteiger partial charge in [-0.05, 0) is 18.2 Å². The molecule has 1 aliphatic rings. The number of fused-ring (bicyclic) bond motifs is 1. The molecule has 118 valence electrons. The van der Waals surface area contributed by atoms with E-state index < -0.39 is 0 Å². The van der Waals surface area contributed by atoms with Crippen LogP contribution in [-0.4, -0.2) is 57.1 Å². The molecule has 6 heteroatoms. The van der Waals surface area contributed by atoms with E-state index in [4.69, 9.17) is 0 Å². The lowest BCUT2D eigenvalue weighted by molar-refractivity contribution is 0.248. The Morgan fingerprint density at radius 1 is 1.00 bits per heavy atom. The molecule has 1 aliphatic heterocycles. The molecule has 0 spiro atoms. The van der Waals surface area contributed by atoms with Crippen molar-refractivity contribution in [3.63, 3.8) is 0 Å². The van der Waals surface area contributed by atoms with E-state index in [1.807, 2.05) is 24.9 Å². The van der Waals surface area contributed by atoms with Crippen LogP contribution in [-0.2, 0) is 6.54 Å². The molecule has 23 heavy (non-hydrogen) atoms. The summed E-state index contributed by atoms with van der Waals surface area (Å²) >= 11 is 0. The number of hydrogen-bond donors (Lipinski definition) is 0. The molecule has 6 nitrogen and oxygen atoms in total. The van der Waals surface area contributed by atoms with E-state index in [1.54, 1.807) is 6.33 Å². The van der Waals surface area contributed by atoms with Gasteiger partial charge in [0.1, 0.15) is 6.33 Å². The van der Waals surface area contributed by atoms with Crippen molar-refractivity contribution in [1.82, 2.24) is 24.4 Å². The predicted octanol–water partition coefficient (Wildman–Crippen LogP) is 1.65. The van der Waals surface area contributed by atoms with Gasteiger partial charge in [0, 0.05) is 68.9 Å². The molecule has 3 heterocycles. The smallest absolute Gasteiger partial charge is 0.116 e. The van der Waals surface area contributed by atoms with Gasteiger partial charge >= 0.3 is 0 Å². The Hall–Kier alpha value is -2.47. The standard InChI is InChI=1S/C17H20N6/c1-2-17-15(12-19-13-20-17)11-16(1)23-9-7-21(8-10-23)5-6-22-4-3-18-14-22/h1-4,11-14H,5-10H2. The topological polar surface area (TPSA) is 50.1 Å². The van der Waals surface area contributed by atoms with Gasteiger partial charge in [-0.25, -0.2) is 15.0 Å². The Bertz CT molecular complexity index is 762. The summed E-state index contributed by atoms with van der Waals surface area (Å²) in [4.78, 5) is 17.4. The summed E-state index contributed by atoms with van der Waals surface area (Å²) < 4.78 is 2.13. The van der Waals surface area contributed by atoms with E-state index in [0.717, 1.165) is 50.2 Å². The Labute approximate surface area is 135 Å². The first-order valence-electron chi connectivity index (χ1n) is 8.01. The molecular weight excluding hydrogens is 288 g/mol. The average Bonchev–Trinajstić information content (AvgIpc) is 3.14. The van der Waals surface area contributed by atoms with Crippen molar-refractivity contribution in [1.29, 1.82) is 0 Å². The number of anilines is 1. The Morgan fingerprint density at radius 2 is 1.91 bits per heavy atom. The molecule has 0 bridgehead atoms. The second-order valence-electron chi connectivity index (χ2n) is 5.90. The molecule has 2 aromatic heterocycles. The summed E-state index contributed by atoms with van der Waals surface area (Å²) in [6.07, 6.45) is 9.22. The lowest BCUT2D eigenvalue weighted by Gasteiger charge is -2.36. The third kappa shape index (κ3) is 3.17. The summed E-state index contributed by atoms with van der Waals surface area (Å²) in [6, 6.07) is 6.44. The molecule has 1 aromatic carbocycles. The molecule has 1 fully saturated rings. The van der Waals surface area contributed by atoms with E-state index in [1.165, 1.54) is 5.69 Å². The molecule has 1 saturated heterocycles. The molecule has 0 aliphatic carbocycles. The first-order chi connectivity index (χ1) is 11.4. The highest BCUT2D eigenvalue weighted by Crippen LogP contribution is 2.21. The average molecular weight is 308 g/mol. The van der Waals surface area contributed by atoms with Crippen LogP contribution in [0.3, 0.4) is 0 Å². The third-order valence-corrected chi connectivity index (χ3v) is 4.46. The van der Waals surface area contributed by atoms with E-state index in [0.29, 0.717) is 0 Å². The Balaban J connectivity index is 1.36. The van der Waals surface area contributed by atoms with Gasteiger partial charge in [-0.1, -0.05) is 0 Å². The molecule has 0 N–H and O–H groups in total. The van der Waals surface area contributed by atoms with Gasteiger partial charge < -0.3 is 9.47 Å². The summed E-state index contributed by atoms with van der Waals surface area (Å²) in [5, 5.41) is 1.10. The summed E-state index contributed by atoms with van der Waals surface area (Å²) in [7, 11) is 0. The number of hydrogen-bond acceptors (Lipinski definition) is 5. The largest absolute Gasteiger partial charge is 0.369 e. The first kappa shape index (κ1) is 14.1. The maximum atomic E-state index is 4.28. The van der Waals surface area contributed by atoms with Crippen LogP contribution in [0.1, 0.15) is 0 Å². The molecule has 0 saturated carbocycles. The minimum atomic E-state index is 1.00. The third-order valence-electron chi connectivity index (χ3n) is 4.46. The maximum absolute atomic E-state index is 4.28. The SMILES string of the molecule is c1cn(CCN2CCN(c3ccc4ncncc4c3)CC2)cn1. The maximum Gasteiger partial charge on any atom is 0.116 e. The van der Waals surface area contributed by atoms with Crippen LogP contribution in [0.2, 0.25) is 0 Å². The van der Waals surface area contributed by atoms with E-state index in [9.17, 15) is 0 Å². The number of rotatable bonds is 4. The lowest BCUT2D eigenvalue weighted by Crippen LogP contribution is -2.47. The first-order valence-corrected chi connectivity index (χ1v) is 8.01. The zero-order chi connectivity index (χ0) is 15.5. The number of imidazole rings is 1. The highest BCUT2D eigenvalue weighted by atomic mass is 15.3. The van der Waals surface area contributed by atoms with Gasteiger partial charge in [-0.3, -0.25) is 4.90 Å². The highest BCUT2D eigenvalue weighted by molar-refractivity contribution is 5.81. The van der Waals surface area contributed by atoms with Crippen LogP contribution in [0.4, 0.5) is 5.69 Å². The predicted molar refractivity (Wildman–Crippen MR) is 90.4 cm³/mol. The molecule has 4 rings (SSSR count). The fraction of sp³-hybridized carbons (Fsp3) is 0.353. The van der Waals surface area contributed by atoms with Gasteiger partial charge in [0.25, 0.3) is 0 Å². The minimum absolute atomic E-state index is 1.00. The number of piperazine rings is 1. The van der Waals surface area contributed by atoms with E-state index in [-0.39, 0.29) is 0 Å². The second kappa shape index (κ2) is 6.34. The van der Waals surface area contributed by atoms with Crippen molar-refractivity contribution in [3.8, 4) is 0 Å². The zero-order valence-electron chi connectivity index (χ0n) is 13.0. The fourth-order valence-electron chi connectivity index (χ4n) is 3.07. The van der Waals surface area contributed by atoms with Gasteiger partial charge in [0.05, 0.1) is 11.8 Å². The monoisotopic (exact) mass is 308 g/mol. The molecular formula is C17H20N6. The summed E-state index contributed by atoms with van der Waals surface area (Å²) in [5.41, 5.74) is 2.27. The van der Waals surface area contributed by atoms with Gasteiger partial charge in [0.15, 0.2) is 0 Å². The molecule has 0 atom stereocenters. The normalized spacial score (nSPS) is 16.1. The van der Waals surface area contributed by atoms with Gasteiger partial charge in [0.2, 0.25) is 0 Å². The highest BCUT2D eigenvalue weighted by Gasteiger charge is 2.17. The van der Waals surface area contributed by atoms with Crippen LogP contribution in [0.5, 0.6) is 0 Å². The van der Waals surface area contributed by atoms with E-state index in [2.05, 4.69) is 47.5 Å². The minimum Gasteiger partial charge on any atom is -0.369 e. The molecule has 0 unspecified atom stereocenters.